The van der Waals surface area contributed by atoms with Crippen LogP contribution in [-0.4, -0.2) is 15.5 Å². The van der Waals surface area contributed by atoms with Crippen LogP contribution in [0, 0.1) is 0 Å². The maximum absolute atomic E-state index is 5.35. The molecule has 5 nitrogen and oxygen atoms in total. The first-order chi connectivity index (χ1) is 9.59. The van der Waals surface area contributed by atoms with Crippen molar-refractivity contribution in [1.29, 1.82) is 0 Å². The van der Waals surface area contributed by atoms with Crippen LogP contribution in [0.4, 0.5) is 11.6 Å². The predicted molar refractivity (Wildman–Crippen MR) is 82.3 cm³/mol. The van der Waals surface area contributed by atoms with Crippen LogP contribution >= 0.6 is 0 Å². The number of nitrogens with zero attached hydrogens (tertiary/aromatic N) is 2. The molecule has 0 bridgehead atoms. The van der Waals surface area contributed by atoms with Crippen LogP contribution in [0.25, 0.3) is 0 Å². The number of rotatable bonds is 6. The quantitative estimate of drug-likeness (QED) is 0.556. The van der Waals surface area contributed by atoms with Gasteiger partial charge >= 0.3 is 0 Å². The van der Waals surface area contributed by atoms with Crippen molar-refractivity contribution in [2.45, 2.75) is 32.2 Å². The Morgan fingerprint density at radius 2 is 1.80 bits per heavy atom. The summed E-state index contributed by atoms with van der Waals surface area (Å²) in [7, 11) is 0. The molecule has 1 aromatic heterocycles. The molecule has 5 heteroatoms. The average Bonchev–Trinajstić information content (AvgIpc) is 2.46. The van der Waals surface area contributed by atoms with Gasteiger partial charge in [0, 0.05) is 11.6 Å². The normalized spacial score (nSPS) is 11.2. The molecule has 20 heavy (non-hydrogen) atoms. The Balaban J connectivity index is 1.96. The fourth-order valence-corrected chi connectivity index (χ4v) is 2.02. The monoisotopic (exact) mass is 271 g/mol. The second kappa shape index (κ2) is 6.34. The van der Waals surface area contributed by atoms with Crippen molar-refractivity contribution in [1.82, 2.24) is 9.97 Å². The second-order valence-electron chi connectivity index (χ2n) is 5.43. The van der Waals surface area contributed by atoms with E-state index in [2.05, 4.69) is 58.8 Å². The molecule has 4 N–H and O–H groups in total. The number of hydrogen-bond donors (Lipinski definition) is 3. The topological polar surface area (TPSA) is 75.9 Å². The summed E-state index contributed by atoms with van der Waals surface area (Å²) in [6.07, 6.45) is 3.52. The molecule has 0 amide bonds. The molecule has 0 unspecified atom stereocenters. The van der Waals surface area contributed by atoms with Crippen LogP contribution in [0.2, 0.25) is 0 Å². The standard InChI is InChI=1S/C15H21N5/c1-15(2,9-8-12-6-4-3-5-7-12)19-13-10-14(20-16)18-11-17-13/h3-7,10-11H,8-9,16H2,1-2H3,(H2,17,18,19,20). The average molecular weight is 271 g/mol. The minimum atomic E-state index is -0.0595. The molecule has 106 valence electrons. The van der Waals surface area contributed by atoms with Crippen LogP contribution in [-0.2, 0) is 6.42 Å². The van der Waals surface area contributed by atoms with Crippen molar-refractivity contribution < 1.29 is 0 Å². The third-order valence-electron chi connectivity index (χ3n) is 3.16. The molecule has 0 saturated heterocycles. The van der Waals surface area contributed by atoms with Gasteiger partial charge in [-0.25, -0.2) is 15.8 Å². The fraction of sp³-hybridized carbons (Fsp3) is 0.333. The zero-order valence-corrected chi connectivity index (χ0v) is 11.9. The van der Waals surface area contributed by atoms with E-state index < -0.39 is 0 Å². The van der Waals surface area contributed by atoms with Gasteiger partial charge < -0.3 is 10.7 Å². The van der Waals surface area contributed by atoms with Gasteiger partial charge in [0.2, 0.25) is 0 Å². The van der Waals surface area contributed by atoms with Crippen LogP contribution in [0.3, 0.4) is 0 Å². The summed E-state index contributed by atoms with van der Waals surface area (Å²) in [4.78, 5) is 8.20. The lowest BCUT2D eigenvalue weighted by atomic mass is 9.95. The SMILES string of the molecule is CC(C)(CCc1ccccc1)Nc1cc(NN)ncn1. The third kappa shape index (κ3) is 4.20. The first kappa shape index (κ1) is 14.3. The van der Waals surface area contributed by atoms with E-state index in [1.54, 1.807) is 6.07 Å². The minimum absolute atomic E-state index is 0.0595. The number of nitrogens with two attached hydrogens (primary N) is 1. The van der Waals surface area contributed by atoms with Gasteiger partial charge in [0.15, 0.2) is 0 Å². The van der Waals surface area contributed by atoms with Gasteiger partial charge in [0.1, 0.15) is 18.0 Å². The Morgan fingerprint density at radius 1 is 1.10 bits per heavy atom. The molecule has 0 spiro atoms. The Bertz CT molecular complexity index is 539. The number of hydrogen-bond acceptors (Lipinski definition) is 5. The molecule has 0 saturated carbocycles. The van der Waals surface area contributed by atoms with E-state index >= 15 is 0 Å². The number of nitrogens with one attached hydrogen (secondary N) is 2. The summed E-state index contributed by atoms with van der Waals surface area (Å²) in [5.41, 5.74) is 3.80. The largest absolute Gasteiger partial charge is 0.365 e. The maximum Gasteiger partial charge on any atom is 0.145 e. The van der Waals surface area contributed by atoms with Crippen molar-refractivity contribution in [3.05, 3.63) is 48.3 Å². The van der Waals surface area contributed by atoms with Crippen LogP contribution < -0.4 is 16.6 Å². The summed E-state index contributed by atoms with van der Waals surface area (Å²) in [6.45, 7) is 4.32. The van der Waals surface area contributed by atoms with Gasteiger partial charge in [-0.1, -0.05) is 30.3 Å². The molecular weight excluding hydrogens is 250 g/mol. The lowest BCUT2D eigenvalue weighted by Gasteiger charge is -2.27. The van der Waals surface area contributed by atoms with Crippen molar-refractivity contribution in [2.75, 3.05) is 10.7 Å². The number of anilines is 2. The first-order valence-electron chi connectivity index (χ1n) is 6.70. The molecule has 0 atom stereocenters. The highest BCUT2D eigenvalue weighted by Gasteiger charge is 2.18. The molecule has 2 aromatic rings. The zero-order valence-electron chi connectivity index (χ0n) is 11.9. The van der Waals surface area contributed by atoms with Gasteiger partial charge in [-0.15, -0.1) is 0 Å². The number of aryl methyl sites for hydroxylation is 1. The highest BCUT2D eigenvalue weighted by molar-refractivity contribution is 5.46. The molecule has 0 aliphatic rings. The van der Waals surface area contributed by atoms with Crippen molar-refractivity contribution in [3.8, 4) is 0 Å². The Morgan fingerprint density at radius 3 is 2.50 bits per heavy atom. The molecule has 0 aliphatic carbocycles. The van der Waals surface area contributed by atoms with E-state index in [1.165, 1.54) is 11.9 Å². The molecular formula is C15H21N5. The maximum atomic E-state index is 5.35. The van der Waals surface area contributed by atoms with Gasteiger partial charge in [0.05, 0.1) is 0 Å². The Kier molecular flexibility index (Phi) is 4.53. The molecule has 1 heterocycles. The van der Waals surface area contributed by atoms with Gasteiger partial charge in [-0.2, -0.15) is 0 Å². The smallest absolute Gasteiger partial charge is 0.145 e. The zero-order chi connectivity index (χ0) is 14.4. The second-order valence-corrected chi connectivity index (χ2v) is 5.43. The number of benzene rings is 1. The lowest BCUT2D eigenvalue weighted by Crippen LogP contribution is -2.32. The molecule has 0 fully saturated rings. The minimum Gasteiger partial charge on any atom is -0.365 e. The summed E-state index contributed by atoms with van der Waals surface area (Å²) in [6, 6.07) is 12.3. The van der Waals surface area contributed by atoms with Crippen LogP contribution in [0.5, 0.6) is 0 Å². The van der Waals surface area contributed by atoms with Crippen molar-refractivity contribution >= 4 is 11.6 Å². The first-order valence-corrected chi connectivity index (χ1v) is 6.70. The van der Waals surface area contributed by atoms with E-state index in [1.807, 2.05) is 6.07 Å². The summed E-state index contributed by atoms with van der Waals surface area (Å²) in [5, 5.41) is 3.42. The van der Waals surface area contributed by atoms with Crippen LogP contribution in [0.15, 0.2) is 42.7 Å². The predicted octanol–water partition coefficient (Wildman–Crippen LogP) is 2.59. The van der Waals surface area contributed by atoms with Gasteiger partial charge in [0.25, 0.3) is 0 Å². The molecule has 2 rings (SSSR count). The van der Waals surface area contributed by atoms with E-state index in [-0.39, 0.29) is 5.54 Å². The van der Waals surface area contributed by atoms with E-state index in [4.69, 9.17) is 5.84 Å². The van der Waals surface area contributed by atoms with Gasteiger partial charge in [-0.05, 0) is 32.3 Å². The van der Waals surface area contributed by atoms with E-state index in [0.29, 0.717) is 5.82 Å². The lowest BCUT2D eigenvalue weighted by molar-refractivity contribution is 0.516. The molecule has 0 radical (unpaired) electrons. The number of nitrogen functional groups attached to an aromatic ring is 1. The summed E-state index contributed by atoms with van der Waals surface area (Å²) >= 11 is 0. The highest BCUT2D eigenvalue weighted by Crippen LogP contribution is 2.19. The molecule has 0 aliphatic heterocycles. The molecule has 1 aromatic carbocycles. The van der Waals surface area contributed by atoms with E-state index in [0.717, 1.165) is 18.7 Å². The number of hydrazine groups is 1. The van der Waals surface area contributed by atoms with Crippen molar-refractivity contribution in [2.24, 2.45) is 5.84 Å². The summed E-state index contributed by atoms with van der Waals surface area (Å²) < 4.78 is 0. The number of aromatic nitrogens is 2. The Hall–Kier alpha value is -2.14. The van der Waals surface area contributed by atoms with Crippen LogP contribution in [0.1, 0.15) is 25.8 Å². The fourth-order valence-electron chi connectivity index (χ4n) is 2.02. The van der Waals surface area contributed by atoms with Gasteiger partial charge in [-0.3, -0.25) is 0 Å². The van der Waals surface area contributed by atoms with E-state index in [9.17, 15) is 0 Å². The highest BCUT2D eigenvalue weighted by atomic mass is 15.3. The van der Waals surface area contributed by atoms with Crippen molar-refractivity contribution in [3.63, 3.8) is 0 Å². The Labute approximate surface area is 119 Å². The summed E-state index contributed by atoms with van der Waals surface area (Å²) in [5.74, 6) is 6.72. The third-order valence-corrected chi connectivity index (χ3v) is 3.16.